The summed E-state index contributed by atoms with van der Waals surface area (Å²) < 4.78 is 21.5. The van der Waals surface area contributed by atoms with Gasteiger partial charge in [-0.2, -0.15) is 0 Å². The number of hydrogen-bond donors (Lipinski definition) is 1. The van der Waals surface area contributed by atoms with Gasteiger partial charge in [-0.25, -0.2) is 9.78 Å². The van der Waals surface area contributed by atoms with Crippen molar-refractivity contribution < 1.29 is 23.7 Å². The zero-order valence-electron chi connectivity index (χ0n) is 16.4. The summed E-state index contributed by atoms with van der Waals surface area (Å²) in [4.78, 5) is 15.9. The van der Waals surface area contributed by atoms with E-state index >= 15 is 0 Å². The number of carbonyl (C=O) groups is 1. The molecule has 7 nitrogen and oxygen atoms in total. The van der Waals surface area contributed by atoms with Crippen molar-refractivity contribution >= 4 is 6.09 Å². The second-order valence-electron chi connectivity index (χ2n) is 6.84. The normalized spacial score (nSPS) is 10.9. The first-order valence-electron chi connectivity index (χ1n) is 8.56. The lowest BCUT2D eigenvalue weighted by atomic mass is 10.2. The van der Waals surface area contributed by atoms with Gasteiger partial charge in [-0.3, -0.25) is 0 Å². The summed E-state index contributed by atoms with van der Waals surface area (Å²) in [6.07, 6.45) is 1.23. The number of amides is 1. The van der Waals surface area contributed by atoms with E-state index in [-0.39, 0.29) is 0 Å². The molecule has 0 radical (unpaired) electrons. The molecule has 27 heavy (non-hydrogen) atoms. The van der Waals surface area contributed by atoms with Crippen LogP contribution in [0.15, 0.2) is 36.5 Å². The highest BCUT2D eigenvalue weighted by molar-refractivity contribution is 5.67. The molecule has 0 saturated heterocycles. The van der Waals surface area contributed by atoms with Crippen LogP contribution in [0.25, 0.3) is 0 Å². The van der Waals surface area contributed by atoms with Gasteiger partial charge >= 0.3 is 6.09 Å². The van der Waals surface area contributed by atoms with Gasteiger partial charge in [-0.1, -0.05) is 6.07 Å². The van der Waals surface area contributed by atoms with E-state index < -0.39 is 11.7 Å². The Labute approximate surface area is 159 Å². The third-order valence-electron chi connectivity index (χ3n) is 3.46. The maximum Gasteiger partial charge on any atom is 0.407 e. The molecule has 2 aromatic rings. The van der Waals surface area contributed by atoms with Crippen molar-refractivity contribution in [1.29, 1.82) is 0 Å². The van der Waals surface area contributed by atoms with Crippen molar-refractivity contribution in [3.8, 4) is 17.4 Å². The zero-order valence-corrected chi connectivity index (χ0v) is 16.4. The van der Waals surface area contributed by atoms with E-state index in [1.807, 2.05) is 45.0 Å². The standard InChI is InChI=1S/C20H26N2O5/c1-20(2,3)27-19(23)22-11-14-6-8-16(17(10-14)24-4)26-13-15-7-9-18(25-5)21-12-15/h6-10,12H,11,13H2,1-5H3,(H,22,23). The Balaban J connectivity index is 1.95. The third-order valence-corrected chi connectivity index (χ3v) is 3.46. The number of hydrogen-bond acceptors (Lipinski definition) is 6. The fraction of sp³-hybridized carbons (Fsp3) is 0.400. The summed E-state index contributed by atoms with van der Waals surface area (Å²) in [6, 6.07) is 9.15. The van der Waals surface area contributed by atoms with E-state index in [2.05, 4.69) is 10.3 Å². The smallest absolute Gasteiger partial charge is 0.407 e. The molecule has 0 atom stereocenters. The topological polar surface area (TPSA) is 78.9 Å². The van der Waals surface area contributed by atoms with Crippen molar-refractivity contribution in [3.63, 3.8) is 0 Å². The van der Waals surface area contributed by atoms with E-state index in [9.17, 15) is 4.79 Å². The van der Waals surface area contributed by atoms with Crippen LogP contribution < -0.4 is 19.5 Å². The zero-order chi connectivity index (χ0) is 19.9. The monoisotopic (exact) mass is 374 g/mol. The number of benzene rings is 1. The lowest BCUT2D eigenvalue weighted by Crippen LogP contribution is -2.32. The van der Waals surface area contributed by atoms with Gasteiger partial charge in [-0.15, -0.1) is 0 Å². The SMILES string of the molecule is COc1ccc(COc2ccc(CNC(=O)OC(C)(C)C)cc2OC)cn1. The molecule has 0 saturated carbocycles. The summed E-state index contributed by atoms with van der Waals surface area (Å²) in [5.74, 6) is 1.74. The molecule has 1 aromatic heterocycles. The van der Waals surface area contributed by atoms with Gasteiger partial charge in [0.05, 0.1) is 14.2 Å². The van der Waals surface area contributed by atoms with Crippen LogP contribution in [-0.2, 0) is 17.9 Å². The summed E-state index contributed by atoms with van der Waals surface area (Å²) in [7, 11) is 3.14. The molecule has 0 aliphatic heterocycles. The molecule has 2 rings (SSSR count). The lowest BCUT2D eigenvalue weighted by molar-refractivity contribution is 0.0523. The predicted octanol–water partition coefficient (Wildman–Crippen LogP) is 3.70. The molecular formula is C20H26N2O5. The largest absolute Gasteiger partial charge is 0.493 e. The minimum atomic E-state index is -0.532. The predicted molar refractivity (Wildman–Crippen MR) is 101 cm³/mol. The molecule has 0 spiro atoms. The van der Waals surface area contributed by atoms with Crippen molar-refractivity contribution in [2.45, 2.75) is 39.5 Å². The van der Waals surface area contributed by atoms with Crippen molar-refractivity contribution in [3.05, 3.63) is 47.7 Å². The maximum atomic E-state index is 11.8. The van der Waals surface area contributed by atoms with Crippen LogP contribution in [0.5, 0.6) is 17.4 Å². The van der Waals surface area contributed by atoms with Gasteiger partial charge < -0.3 is 24.3 Å². The number of carbonyl (C=O) groups excluding carboxylic acids is 1. The Morgan fingerprint density at radius 1 is 1.04 bits per heavy atom. The summed E-state index contributed by atoms with van der Waals surface area (Å²) in [5, 5.41) is 2.72. The van der Waals surface area contributed by atoms with Crippen LogP contribution in [0.1, 0.15) is 31.9 Å². The minimum Gasteiger partial charge on any atom is -0.493 e. The second-order valence-corrected chi connectivity index (χ2v) is 6.84. The Hall–Kier alpha value is -2.96. The first-order valence-corrected chi connectivity index (χ1v) is 8.56. The number of methoxy groups -OCH3 is 2. The van der Waals surface area contributed by atoms with Crippen molar-refractivity contribution in [1.82, 2.24) is 10.3 Å². The molecule has 1 N–H and O–H groups in total. The first-order chi connectivity index (χ1) is 12.8. The van der Waals surface area contributed by atoms with Gasteiger partial charge in [0.15, 0.2) is 11.5 Å². The van der Waals surface area contributed by atoms with Crippen molar-refractivity contribution in [2.24, 2.45) is 0 Å². The van der Waals surface area contributed by atoms with Crippen LogP contribution in [-0.4, -0.2) is 30.9 Å². The molecule has 0 fully saturated rings. The highest BCUT2D eigenvalue weighted by atomic mass is 16.6. The minimum absolute atomic E-state index is 0.327. The second kappa shape index (κ2) is 9.12. The first kappa shape index (κ1) is 20.4. The quantitative estimate of drug-likeness (QED) is 0.796. The van der Waals surface area contributed by atoms with Gasteiger partial charge in [0.1, 0.15) is 12.2 Å². The average molecular weight is 374 g/mol. The van der Waals surface area contributed by atoms with Gasteiger partial charge in [0, 0.05) is 24.4 Å². The van der Waals surface area contributed by atoms with Gasteiger partial charge in [-0.05, 0) is 44.5 Å². The summed E-state index contributed by atoms with van der Waals surface area (Å²) in [5.41, 5.74) is 1.25. The van der Waals surface area contributed by atoms with Crippen LogP contribution in [0.2, 0.25) is 0 Å². The molecule has 1 heterocycles. The maximum absolute atomic E-state index is 11.8. The highest BCUT2D eigenvalue weighted by Gasteiger charge is 2.16. The fourth-order valence-electron chi connectivity index (χ4n) is 2.21. The number of nitrogens with one attached hydrogen (secondary N) is 1. The van der Waals surface area contributed by atoms with E-state index in [0.29, 0.717) is 30.5 Å². The molecule has 1 amide bonds. The van der Waals surface area contributed by atoms with E-state index in [1.54, 1.807) is 26.5 Å². The lowest BCUT2D eigenvalue weighted by Gasteiger charge is -2.19. The molecule has 7 heteroatoms. The fourth-order valence-corrected chi connectivity index (χ4v) is 2.21. The van der Waals surface area contributed by atoms with Crippen molar-refractivity contribution in [2.75, 3.05) is 14.2 Å². The Morgan fingerprint density at radius 2 is 1.78 bits per heavy atom. The number of rotatable bonds is 7. The third kappa shape index (κ3) is 6.69. The number of alkyl carbamates (subject to hydrolysis) is 1. The van der Waals surface area contributed by atoms with E-state index in [1.165, 1.54) is 0 Å². The summed E-state index contributed by atoms with van der Waals surface area (Å²) >= 11 is 0. The van der Waals surface area contributed by atoms with Crippen LogP contribution in [0.4, 0.5) is 4.79 Å². The molecule has 1 aromatic carbocycles. The molecule has 0 aliphatic rings. The van der Waals surface area contributed by atoms with Crippen LogP contribution in [0, 0.1) is 0 Å². The molecule has 0 bridgehead atoms. The number of aromatic nitrogens is 1. The Kier molecular flexibility index (Phi) is 6.87. The number of pyridine rings is 1. The molecule has 146 valence electrons. The summed E-state index contributed by atoms with van der Waals surface area (Å²) in [6.45, 7) is 6.14. The number of nitrogens with zero attached hydrogens (tertiary/aromatic N) is 1. The Morgan fingerprint density at radius 3 is 2.37 bits per heavy atom. The highest BCUT2D eigenvalue weighted by Crippen LogP contribution is 2.29. The number of ether oxygens (including phenoxy) is 4. The van der Waals surface area contributed by atoms with Crippen LogP contribution >= 0.6 is 0 Å². The molecule has 0 aliphatic carbocycles. The van der Waals surface area contributed by atoms with E-state index in [0.717, 1.165) is 11.1 Å². The van der Waals surface area contributed by atoms with Gasteiger partial charge in [0.2, 0.25) is 5.88 Å². The van der Waals surface area contributed by atoms with Crippen LogP contribution in [0.3, 0.4) is 0 Å². The van der Waals surface area contributed by atoms with Gasteiger partial charge in [0.25, 0.3) is 0 Å². The molecule has 0 unspecified atom stereocenters. The average Bonchev–Trinajstić information content (AvgIpc) is 2.64. The van der Waals surface area contributed by atoms with E-state index in [4.69, 9.17) is 18.9 Å². The Bertz CT molecular complexity index is 754. The molecular weight excluding hydrogens is 348 g/mol.